The first-order valence-corrected chi connectivity index (χ1v) is 16.5. The zero-order chi connectivity index (χ0) is 37.7. The SMILES string of the molecule is COc1ccc(CC(C)(NC(=O)C(N)OC(=O)/C=C\C(=O)OC(N)C(=O)NC(C)(Cc2ccc(OC)cc2)c2ccccc2)c2ccccc2)cc1. The Balaban J connectivity index is 1.34. The van der Waals surface area contributed by atoms with Crippen LogP contribution in [0.5, 0.6) is 11.5 Å². The summed E-state index contributed by atoms with van der Waals surface area (Å²) >= 11 is 0. The molecule has 4 unspecified atom stereocenters. The number of hydrogen-bond donors (Lipinski definition) is 4. The maximum absolute atomic E-state index is 13.2. The van der Waals surface area contributed by atoms with Crippen LogP contribution in [-0.2, 0) is 52.6 Å². The highest BCUT2D eigenvalue weighted by molar-refractivity contribution is 5.94. The van der Waals surface area contributed by atoms with Crippen molar-refractivity contribution >= 4 is 23.8 Å². The average molecular weight is 709 g/mol. The lowest BCUT2D eigenvalue weighted by Crippen LogP contribution is -2.52. The van der Waals surface area contributed by atoms with Gasteiger partial charge in [-0.2, -0.15) is 0 Å². The predicted molar refractivity (Wildman–Crippen MR) is 195 cm³/mol. The lowest BCUT2D eigenvalue weighted by molar-refractivity contribution is -0.153. The molecule has 0 saturated heterocycles. The van der Waals surface area contributed by atoms with E-state index in [9.17, 15) is 19.2 Å². The van der Waals surface area contributed by atoms with Crippen molar-refractivity contribution in [2.75, 3.05) is 14.2 Å². The molecule has 12 heteroatoms. The van der Waals surface area contributed by atoms with E-state index in [1.165, 1.54) is 0 Å². The fourth-order valence-corrected chi connectivity index (χ4v) is 5.61. The Hall–Kier alpha value is -5.98. The number of nitrogens with two attached hydrogens (primary N) is 2. The monoisotopic (exact) mass is 708 g/mol. The van der Waals surface area contributed by atoms with Crippen LogP contribution in [0.3, 0.4) is 0 Å². The number of rotatable bonds is 16. The standard InChI is InChI=1S/C40H44N4O8/c1-39(29-11-7-5-8-12-29,25-27-15-19-31(49-3)20-16-27)43-37(47)35(41)51-33(45)23-24-34(46)52-36(42)38(48)44-40(2,30-13-9-6-10-14-30)26-28-17-21-32(50-4)22-18-28/h5-24,35-36H,25-26,41-42H2,1-4H3,(H,43,47)(H,44,48)/b24-23-. The highest BCUT2D eigenvalue weighted by Crippen LogP contribution is 2.28. The Morgan fingerprint density at radius 1 is 0.577 bits per heavy atom. The molecule has 0 fully saturated rings. The van der Waals surface area contributed by atoms with Crippen LogP contribution in [0.1, 0.15) is 36.1 Å². The van der Waals surface area contributed by atoms with Crippen molar-refractivity contribution in [2.24, 2.45) is 11.5 Å². The molecule has 4 atom stereocenters. The average Bonchev–Trinajstić information content (AvgIpc) is 3.15. The summed E-state index contributed by atoms with van der Waals surface area (Å²) < 4.78 is 20.6. The third-order valence-corrected chi connectivity index (χ3v) is 8.41. The van der Waals surface area contributed by atoms with Crippen LogP contribution in [0.15, 0.2) is 121 Å². The molecule has 52 heavy (non-hydrogen) atoms. The minimum atomic E-state index is -1.71. The minimum Gasteiger partial charge on any atom is -0.497 e. The van der Waals surface area contributed by atoms with Gasteiger partial charge in [0.1, 0.15) is 11.5 Å². The van der Waals surface area contributed by atoms with Crippen LogP contribution in [0.25, 0.3) is 0 Å². The van der Waals surface area contributed by atoms with E-state index in [4.69, 9.17) is 30.4 Å². The van der Waals surface area contributed by atoms with Crippen molar-refractivity contribution < 1.29 is 38.1 Å². The molecule has 0 spiro atoms. The van der Waals surface area contributed by atoms with Crippen molar-refractivity contribution in [1.82, 2.24) is 10.6 Å². The zero-order valence-corrected chi connectivity index (χ0v) is 29.5. The van der Waals surface area contributed by atoms with Crippen molar-refractivity contribution in [2.45, 2.75) is 50.2 Å². The third-order valence-electron chi connectivity index (χ3n) is 8.41. The molecule has 4 rings (SSSR count). The molecule has 0 bridgehead atoms. The number of methoxy groups -OCH3 is 2. The third kappa shape index (κ3) is 10.8. The van der Waals surface area contributed by atoms with Gasteiger partial charge < -0.3 is 29.6 Å². The molecule has 6 N–H and O–H groups in total. The maximum atomic E-state index is 13.2. The van der Waals surface area contributed by atoms with Crippen LogP contribution in [0.2, 0.25) is 0 Å². The van der Waals surface area contributed by atoms with E-state index in [-0.39, 0.29) is 0 Å². The summed E-state index contributed by atoms with van der Waals surface area (Å²) in [6, 6.07) is 33.4. The maximum Gasteiger partial charge on any atom is 0.333 e. The molecule has 0 radical (unpaired) electrons. The summed E-state index contributed by atoms with van der Waals surface area (Å²) in [6.07, 6.45) is -1.18. The van der Waals surface area contributed by atoms with Gasteiger partial charge >= 0.3 is 11.9 Å². The number of hydrogen-bond acceptors (Lipinski definition) is 10. The van der Waals surface area contributed by atoms with E-state index < -0.39 is 47.3 Å². The molecule has 0 saturated carbocycles. The molecular weight excluding hydrogens is 664 g/mol. The summed E-state index contributed by atoms with van der Waals surface area (Å²) in [5.74, 6) is -2.33. The number of benzene rings is 4. The number of amides is 2. The number of ether oxygens (including phenoxy) is 4. The highest BCUT2D eigenvalue weighted by atomic mass is 16.6. The molecule has 4 aromatic carbocycles. The Kier molecular flexibility index (Phi) is 13.3. The fourth-order valence-electron chi connectivity index (χ4n) is 5.61. The first kappa shape index (κ1) is 38.8. The first-order chi connectivity index (χ1) is 24.8. The Morgan fingerprint density at radius 3 is 1.21 bits per heavy atom. The van der Waals surface area contributed by atoms with Gasteiger partial charge in [-0.15, -0.1) is 0 Å². The predicted octanol–water partition coefficient (Wildman–Crippen LogP) is 3.76. The quantitative estimate of drug-likeness (QED) is 0.0760. The van der Waals surface area contributed by atoms with Gasteiger partial charge in [-0.05, 0) is 73.2 Å². The van der Waals surface area contributed by atoms with Gasteiger partial charge in [0.05, 0.1) is 25.3 Å². The second-order valence-corrected chi connectivity index (χ2v) is 12.5. The molecule has 0 aliphatic rings. The van der Waals surface area contributed by atoms with Gasteiger partial charge in [-0.25, -0.2) is 9.59 Å². The smallest absolute Gasteiger partial charge is 0.333 e. The second kappa shape index (κ2) is 17.8. The Morgan fingerprint density at radius 2 is 0.904 bits per heavy atom. The van der Waals surface area contributed by atoms with E-state index in [1.807, 2.05) is 123 Å². The number of esters is 2. The number of carbonyl (C=O) groups is 4. The van der Waals surface area contributed by atoms with Gasteiger partial charge in [0, 0.05) is 12.2 Å². The highest BCUT2D eigenvalue weighted by Gasteiger charge is 2.33. The second-order valence-electron chi connectivity index (χ2n) is 12.5. The van der Waals surface area contributed by atoms with Crippen LogP contribution >= 0.6 is 0 Å². The summed E-state index contributed by atoms with van der Waals surface area (Å²) in [6.45, 7) is 3.66. The summed E-state index contributed by atoms with van der Waals surface area (Å²) in [5, 5.41) is 5.78. The topological polar surface area (TPSA) is 181 Å². The van der Waals surface area contributed by atoms with Gasteiger partial charge in [-0.3, -0.25) is 21.1 Å². The molecule has 0 aromatic heterocycles. The lowest BCUT2D eigenvalue weighted by atomic mass is 9.85. The van der Waals surface area contributed by atoms with Crippen LogP contribution < -0.4 is 31.6 Å². The summed E-state index contributed by atoms with van der Waals surface area (Å²) in [5.41, 5.74) is 13.4. The lowest BCUT2D eigenvalue weighted by Gasteiger charge is -2.33. The van der Waals surface area contributed by atoms with Crippen molar-refractivity contribution in [3.8, 4) is 11.5 Å². The molecule has 0 aliphatic heterocycles. The van der Waals surface area contributed by atoms with Gasteiger partial charge in [-0.1, -0.05) is 84.9 Å². The molecule has 12 nitrogen and oxygen atoms in total. The van der Waals surface area contributed by atoms with Crippen LogP contribution in [0.4, 0.5) is 0 Å². The van der Waals surface area contributed by atoms with E-state index in [2.05, 4.69) is 10.6 Å². The van der Waals surface area contributed by atoms with E-state index >= 15 is 0 Å². The number of nitrogens with one attached hydrogen (secondary N) is 2. The molecule has 2 amide bonds. The van der Waals surface area contributed by atoms with Crippen LogP contribution in [-0.4, -0.2) is 50.4 Å². The molecule has 4 aromatic rings. The fraction of sp³-hybridized carbons (Fsp3) is 0.250. The van der Waals surface area contributed by atoms with Crippen LogP contribution in [0, 0.1) is 0 Å². The van der Waals surface area contributed by atoms with Gasteiger partial charge in [0.25, 0.3) is 11.8 Å². The van der Waals surface area contributed by atoms with Crippen molar-refractivity contribution in [1.29, 1.82) is 0 Å². The largest absolute Gasteiger partial charge is 0.497 e. The summed E-state index contributed by atoms with van der Waals surface area (Å²) in [4.78, 5) is 51.4. The molecule has 0 aliphatic carbocycles. The van der Waals surface area contributed by atoms with Crippen molar-refractivity contribution in [3.63, 3.8) is 0 Å². The zero-order valence-electron chi connectivity index (χ0n) is 29.5. The molecular formula is C40H44N4O8. The van der Waals surface area contributed by atoms with E-state index in [0.29, 0.717) is 24.3 Å². The van der Waals surface area contributed by atoms with E-state index in [1.54, 1.807) is 14.2 Å². The van der Waals surface area contributed by atoms with Crippen molar-refractivity contribution in [3.05, 3.63) is 144 Å². The normalized spacial score (nSPS) is 14.5. The minimum absolute atomic E-state index is 0.388. The number of carbonyl (C=O) groups excluding carboxylic acids is 4. The van der Waals surface area contributed by atoms with E-state index in [0.717, 1.165) is 34.4 Å². The first-order valence-electron chi connectivity index (χ1n) is 16.5. The Labute approximate surface area is 303 Å². The molecule has 272 valence electrons. The van der Waals surface area contributed by atoms with Gasteiger partial charge in [0.2, 0.25) is 12.5 Å². The summed E-state index contributed by atoms with van der Waals surface area (Å²) in [7, 11) is 3.15. The van der Waals surface area contributed by atoms with Gasteiger partial charge in [0.15, 0.2) is 0 Å². The Bertz CT molecular complexity index is 1700. The molecule has 0 heterocycles.